The molecule has 0 amide bonds. The van der Waals surface area contributed by atoms with Crippen LogP contribution in [-0.2, 0) is 0 Å². The molecule has 0 spiro atoms. The zero-order valence-electron chi connectivity index (χ0n) is 13.1. The highest BCUT2D eigenvalue weighted by Crippen LogP contribution is 2.27. The molecule has 2 aromatic heterocycles. The Morgan fingerprint density at radius 2 is 2.13 bits per heavy atom. The molecule has 3 N–H and O–H groups in total. The first-order valence-electron chi connectivity index (χ1n) is 7.08. The summed E-state index contributed by atoms with van der Waals surface area (Å²) in [7, 11) is 3.60. The van der Waals surface area contributed by atoms with Crippen molar-refractivity contribution in [2.75, 3.05) is 24.3 Å². The minimum absolute atomic E-state index is 0.228. The van der Waals surface area contributed by atoms with Crippen molar-refractivity contribution in [1.29, 1.82) is 0 Å². The summed E-state index contributed by atoms with van der Waals surface area (Å²) in [6, 6.07) is 7.16. The number of rotatable bonds is 4. The third-order valence-electron chi connectivity index (χ3n) is 3.56. The summed E-state index contributed by atoms with van der Waals surface area (Å²) < 4.78 is 0. The van der Waals surface area contributed by atoms with Crippen LogP contribution in [0.1, 0.15) is 15.9 Å². The summed E-state index contributed by atoms with van der Waals surface area (Å²) in [6.07, 6.45) is 1.70. The van der Waals surface area contributed by atoms with Gasteiger partial charge in [0.05, 0.1) is 22.3 Å². The van der Waals surface area contributed by atoms with Crippen molar-refractivity contribution in [2.45, 2.75) is 6.92 Å². The van der Waals surface area contributed by atoms with Crippen molar-refractivity contribution in [2.24, 2.45) is 0 Å². The van der Waals surface area contributed by atoms with E-state index in [-0.39, 0.29) is 5.56 Å². The molecule has 0 aliphatic carbocycles. The molecule has 0 aliphatic heterocycles. The average molecular weight is 311 g/mol. The van der Waals surface area contributed by atoms with Crippen LogP contribution in [0.5, 0.6) is 0 Å². The molecule has 0 saturated carbocycles. The number of aromatic carboxylic acids is 1. The average Bonchev–Trinajstić information content (AvgIpc) is 2.89. The summed E-state index contributed by atoms with van der Waals surface area (Å²) in [4.78, 5) is 25.0. The number of aromatic nitrogens is 3. The van der Waals surface area contributed by atoms with E-state index >= 15 is 0 Å². The van der Waals surface area contributed by atoms with E-state index in [4.69, 9.17) is 0 Å². The van der Waals surface area contributed by atoms with Crippen LogP contribution in [-0.4, -0.2) is 40.1 Å². The summed E-state index contributed by atoms with van der Waals surface area (Å²) in [5.41, 5.74) is 3.18. The van der Waals surface area contributed by atoms with Gasteiger partial charge in [0.2, 0.25) is 5.95 Å². The molecule has 0 saturated heterocycles. The molecular weight excluding hydrogens is 294 g/mol. The number of nitrogens with zero attached hydrogens (tertiary/aromatic N) is 3. The van der Waals surface area contributed by atoms with E-state index in [1.165, 1.54) is 0 Å². The van der Waals surface area contributed by atoms with Crippen LogP contribution in [0.4, 0.5) is 17.5 Å². The summed E-state index contributed by atoms with van der Waals surface area (Å²) in [5, 5.41) is 12.5. The fourth-order valence-electron chi connectivity index (χ4n) is 2.38. The van der Waals surface area contributed by atoms with Gasteiger partial charge >= 0.3 is 5.97 Å². The maximum Gasteiger partial charge on any atom is 0.337 e. The number of hydrogen-bond donors (Lipinski definition) is 3. The van der Waals surface area contributed by atoms with Crippen molar-refractivity contribution < 1.29 is 9.90 Å². The molecule has 0 aliphatic rings. The molecule has 23 heavy (non-hydrogen) atoms. The molecule has 2 heterocycles. The van der Waals surface area contributed by atoms with Crippen molar-refractivity contribution in [1.82, 2.24) is 15.0 Å². The number of benzene rings is 1. The third-order valence-corrected chi connectivity index (χ3v) is 3.56. The molecule has 3 aromatic rings. The van der Waals surface area contributed by atoms with Crippen LogP contribution in [0.25, 0.3) is 11.0 Å². The van der Waals surface area contributed by atoms with Crippen LogP contribution in [0, 0.1) is 6.92 Å². The normalized spacial score (nSPS) is 10.7. The highest BCUT2D eigenvalue weighted by atomic mass is 16.4. The molecular formula is C16H17N5O2. The topological polar surface area (TPSA) is 94.1 Å². The van der Waals surface area contributed by atoms with Crippen LogP contribution < -0.4 is 10.2 Å². The Labute approximate surface area is 133 Å². The minimum atomic E-state index is -0.972. The largest absolute Gasteiger partial charge is 0.478 e. The van der Waals surface area contributed by atoms with Crippen LogP contribution in [0.15, 0.2) is 30.5 Å². The van der Waals surface area contributed by atoms with Crippen molar-refractivity contribution in [3.05, 3.63) is 41.6 Å². The highest BCUT2D eigenvalue weighted by molar-refractivity contribution is 5.99. The van der Waals surface area contributed by atoms with E-state index in [1.54, 1.807) is 37.3 Å². The molecule has 0 bridgehead atoms. The molecule has 118 valence electrons. The second-order valence-electron chi connectivity index (χ2n) is 5.47. The Morgan fingerprint density at radius 3 is 2.78 bits per heavy atom. The van der Waals surface area contributed by atoms with Crippen LogP contribution >= 0.6 is 0 Å². The van der Waals surface area contributed by atoms with Gasteiger partial charge in [0.1, 0.15) is 5.82 Å². The van der Waals surface area contributed by atoms with E-state index in [1.807, 2.05) is 19.1 Å². The summed E-state index contributed by atoms with van der Waals surface area (Å²) in [6.45, 7) is 1.95. The number of carbonyl (C=O) groups is 1. The Bertz CT molecular complexity index is 885. The van der Waals surface area contributed by atoms with E-state index in [2.05, 4.69) is 20.3 Å². The van der Waals surface area contributed by atoms with Gasteiger partial charge in [0.25, 0.3) is 0 Å². The Hall–Kier alpha value is -3.09. The maximum absolute atomic E-state index is 11.4. The SMILES string of the molecule is Cc1cccnc1Nc1nc2cc(N(C)C)c(C(=O)O)cc2[nH]1. The maximum atomic E-state index is 11.4. The zero-order valence-corrected chi connectivity index (χ0v) is 13.1. The summed E-state index contributed by atoms with van der Waals surface area (Å²) >= 11 is 0. The molecule has 0 atom stereocenters. The minimum Gasteiger partial charge on any atom is -0.478 e. The molecule has 7 nitrogen and oxygen atoms in total. The van der Waals surface area contributed by atoms with Gasteiger partial charge in [-0.2, -0.15) is 0 Å². The lowest BCUT2D eigenvalue weighted by molar-refractivity contribution is 0.0697. The predicted octanol–water partition coefficient (Wildman–Crippen LogP) is 2.77. The fourth-order valence-corrected chi connectivity index (χ4v) is 2.38. The number of aromatic amines is 1. The second-order valence-corrected chi connectivity index (χ2v) is 5.47. The van der Waals surface area contributed by atoms with Gasteiger partial charge in [0, 0.05) is 20.3 Å². The van der Waals surface area contributed by atoms with Gasteiger partial charge in [-0.3, -0.25) is 0 Å². The highest BCUT2D eigenvalue weighted by Gasteiger charge is 2.15. The van der Waals surface area contributed by atoms with E-state index in [0.29, 0.717) is 28.5 Å². The van der Waals surface area contributed by atoms with Crippen molar-refractivity contribution in [3.8, 4) is 0 Å². The number of anilines is 3. The number of H-pyrrole nitrogens is 1. The van der Waals surface area contributed by atoms with Crippen molar-refractivity contribution >= 4 is 34.5 Å². The molecule has 0 radical (unpaired) electrons. The van der Waals surface area contributed by atoms with E-state index in [9.17, 15) is 9.90 Å². The molecule has 0 fully saturated rings. The van der Waals surface area contributed by atoms with Crippen molar-refractivity contribution in [3.63, 3.8) is 0 Å². The fraction of sp³-hybridized carbons (Fsp3) is 0.188. The smallest absolute Gasteiger partial charge is 0.337 e. The van der Waals surface area contributed by atoms with E-state index in [0.717, 1.165) is 5.56 Å². The predicted molar refractivity (Wildman–Crippen MR) is 89.6 cm³/mol. The zero-order chi connectivity index (χ0) is 16.6. The van der Waals surface area contributed by atoms with E-state index < -0.39 is 5.97 Å². The standard InChI is InChI=1S/C16H17N5O2/c1-9-5-4-6-17-14(9)20-16-18-11-7-10(15(22)23)13(21(2)3)8-12(11)19-16/h4-8H,1-3H3,(H,22,23)(H2,17,18,19,20). The van der Waals surface area contributed by atoms with Crippen LogP contribution in [0.3, 0.4) is 0 Å². The number of aryl methyl sites for hydroxylation is 1. The Balaban J connectivity index is 2.05. The van der Waals surface area contributed by atoms with Gasteiger partial charge in [-0.25, -0.2) is 14.8 Å². The first-order chi connectivity index (χ1) is 11.0. The molecule has 0 unspecified atom stereocenters. The van der Waals surface area contributed by atoms with Gasteiger partial charge < -0.3 is 20.3 Å². The number of carboxylic acid groups (broad SMARTS) is 1. The number of nitrogens with one attached hydrogen (secondary N) is 2. The van der Waals surface area contributed by atoms with Gasteiger partial charge in [-0.1, -0.05) is 6.07 Å². The Kier molecular flexibility index (Phi) is 3.61. The lowest BCUT2D eigenvalue weighted by Gasteiger charge is -2.15. The van der Waals surface area contributed by atoms with Gasteiger partial charge in [-0.15, -0.1) is 0 Å². The number of carboxylic acids is 1. The van der Waals surface area contributed by atoms with Crippen LogP contribution in [0.2, 0.25) is 0 Å². The monoisotopic (exact) mass is 311 g/mol. The molecule has 7 heteroatoms. The lowest BCUT2D eigenvalue weighted by atomic mass is 10.1. The van der Waals surface area contributed by atoms with Gasteiger partial charge in [0.15, 0.2) is 0 Å². The summed E-state index contributed by atoms with van der Waals surface area (Å²) in [5.74, 6) is 0.257. The third kappa shape index (κ3) is 2.80. The first-order valence-corrected chi connectivity index (χ1v) is 7.08. The Morgan fingerprint density at radius 1 is 1.35 bits per heavy atom. The number of hydrogen-bond acceptors (Lipinski definition) is 5. The lowest BCUT2D eigenvalue weighted by Crippen LogP contribution is -2.13. The number of imidazole rings is 1. The number of fused-ring (bicyclic) bond motifs is 1. The number of pyridine rings is 1. The molecule has 1 aromatic carbocycles. The first kappa shape index (κ1) is 14.8. The van der Waals surface area contributed by atoms with Gasteiger partial charge in [-0.05, 0) is 30.7 Å². The molecule has 3 rings (SSSR count). The quantitative estimate of drug-likeness (QED) is 0.686. The second kappa shape index (κ2) is 5.60.